The van der Waals surface area contributed by atoms with Crippen LogP contribution in [0, 0.1) is 6.92 Å². The van der Waals surface area contributed by atoms with Gasteiger partial charge in [0, 0.05) is 25.1 Å². The Morgan fingerprint density at radius 1 is 1.24 bits per heavy atom. The minimum atomic E-state index is -0.0276. The third-order valence-corrected chi connectivity index (χ3v) is 5.32. The molecule has 1 saturated carbocycles. The van der Waals surface area contributed by atoms with Crippen molar-refractivity contribution in [3.63, 3.8) is 0 Å². The maximum absolute atomic E-state index is 12.7. The fourth-order valence-corrected chi connectivity index (χ4v) is 3.88. The van der Waals surface area contributed by atoms with Crippen LogP contribution in [0.4, 0.5) is 0 Å². The average Bonchev–Trinajstić information content (AvgIpc) is 3.05. The molecule has 25 heavy (non-hydrogen) atoms. The summed E-state index contributed by atoms with van der Waals surface area (Å²) in [6.07, 6.45) is 3.21. The average molecular weight is 336 g/mol. The van der Waals surface area contributed by atoms with E-state index < -0.39 is 0 Å². The van der Waals surface area contributed by atoms with Crippen LogP contribution in [-0.4, -0.2) is 38.6 Å². The van der Waals surface area contributed by atoms with Crippen LogP contribution in [0.2, 0.25) is 0 Å². The Bertz CT molecular complexity index is 953. The Morgan fingerprint density at radius 3 is 2.92 bits per heavy atom. The Morgan fingerprint density at radius 2 is 2.08 bits per heavy atom. The van der Waals surface area contributed by atoms with Gasteiger partial charge in [-0.3, -0.25) is 4.79 Å². The van der Waals surface area contributed by atoms with Crippen molar-refractivity contribution in [2.45, 2.75) is 38.1 Å². The lowest BCUT2D eigenvalue weighted by Gasteiger charge is -2.17. The third kappa shape index (κ3) is 2.44. The van der Waals surface area contributed by atoms with Gasteiger partial charge in [-0.25, -0.2) is 4.98 Å². The number of fused-ring (bicyclic) bond motifs is 1. The fourth-order valence-electron chi connectivity index (χ4n) is 3.88. The molecule has 3 heterocycles. The number of hydrogen-bond acceptors (Lipinski definition) is 4. The van der Waals surface area contributed by atoms with E-state index in [-0.39, 0.29) is 11.9 Å². The van der Waals surface area contributed by atoms with Crippen LogP contribution in [0.5, 0.6) is 0 Å². The Balaban J connectivity index is 1.38. The highest BCUT2D eigenvalue weighted by molar-refractivity contribution is 5.92. The molecule has 1 amide bonds. The highest BCUT2D eigenvalue weighted by atomic mass is 16.5. The van der Waals surface area contributed by atoms with Crippen molar-refractivity contribution in [2.75, 3.05) is 13.1 Å². The summed E-state index contributed by atoms with van der Waals surface area (Å²) in [6, 6.07) is 10.3. The number of imidazole rings is 1. The lowest BCUT2D eigenvalue weighted by atomic mass is 10.2. The summed E-state index contributed by atoms with van der Waals surface area (Å²) in [4.78, 5) is 19.3. The van der Waals surface area contributed by atoms with E-state index >= 15 is 0 Å². The molecule has 1 aromatic carbocycles. The minimum absolute atomic E-state index is 0.0276. The van der Waals surface area contributed by atoms with Gasteiger partial charge in [0.15, 0.2) is 5.69 Å². The van der Waals surface area contributed by atoms with Crippen molar-refractivity contribution in [1.29, 1.82) is 0 Å². The molecule has 1 atom stereocenters. The summed E-state index contributed by atoms with van der Waals surface area (Å²) in [5, 5.41) is 3.99. The molecule has 6 heteroatoms. The first-order valence-corrected chi connectivity index (χ1v) is 8.90. The second-order valence-corrected chi connectivity index (χ2v) is 7.10. The predicted octanol–water partition coefficient (Wildman–Crippen LogP) is 3.30. The number of carbonyl (C=O) groups excluding carboxylic acids is 1. The molecule has 0 N–H and O–H groups in total. The summed E-state index contributed by atoms with van der Waals surface area (Å²) < 4.78 is 7.60. The predicted molar refractivity (Wildman–Crippen MR) is 92.5 cm³/mol. The standard InChI is InChI=1S/C19H20N4O2/c1-12-20-15-4-2-3-5-17(15)23(12)14-8-9-22(11-14)19(24)16-10-18(25-21-16)13-6-7-13/h2-5,10,13-14H,6-9,11H2,1H3/t14-/m1/s1. The van der Waals surface area contributed by atoms with Gasteiger partial charge in [-0.2, -0.15) is 0 Å². The first-order chi connectivity index (χ1) is 12.2. The molecule has 2 aromatic heterocycles. The molecule has 1 saturated heterocycles. The van der Waals surface area contributed by atoms with Crippen molar-refractivity contribution in [1.82, 2.24) is 19.6 Å². The van der Waals surface area contributed by atoms with Crippen molar-refractivity contribution in [3.8, 4) is 0 Å². The van der Waals surface area contributed by atoms with E-state index in [1.54, 1.807) is 0 Å². The number of nitrogens with zero attached hydrogens (tertiary/aromatic N) is 4. The Hall–Kier alpha value is -2.63. The normalized spacial score (nSPS) is 20.5. The summed E-state index contributed by atoms with van der Waals surface area (Å²) >= 11 is 0. The van der Waals surface area contributed by atoms with Gasteiger partial charge < -0.3 is 14.0 Å². The number of aryl methyl sites for hydroxylation is 1. The number of amides is 1. The van der Waals surface area contributed by atoms with E-state index in [9.17, 15) is 4.79 Å². The van der Waals surface area contributed by atoms with Crippen LogP contribution in [0.25, 0.3) is 11.0 Å². The van der Waals surface area contributed by atoms with Gasteiger partial charge in [0.1, 0.15) is 11.6 Å². The zero-order valence-electron chi connectivity index (χ0n) is 14.2. The van der Waals surface area contributed by atoms with E-state index in [1.807, 2.05) is 36.1 Å². The fraction of sp³-hybridized carbons (Fsp3) is 0.421. The van der Waals surface area contributed by atoms with Crippen LogP contribution in [0.1, 0.15) is 53.3 Å². The molecule has 3 aromatic rings. The van der Waals surface area contributed by atoms with Crippen molar-refractivity contribution in [3.05, 3.63) is 47.6 Å². The van der Waals surface area contributed by atoms with E-state index in [2.05, 4.69) is 20.8 Å². The number of benzene rings is 1. The van der Waals surface area contributed by atoms with Gasteiger partial charge in [-0.05, 0) is 38.3 Å². The molecular weight excluding hydrogens is 316 g/mol. The summed E-state index contributed by atoms with van der Waals surface area (Å²) in [5.74, 6) is 2.30. The molecule has 1 aliphatic heterocycles. The molecule has 0 bridgehead atoms. The summed E-state index contributed by atoms with van der Waals surface area (Å²) in [6.45, 7) is 3.46. The molecule has 1 aliphatic carbocycles. The molecular formula is C19H20N4O2. The van der Waals surface area contributed by atoms with Crippen LogP contribution in [-0.2, 0) is 0 Å². The summed E-state index contributed by atoms with van der Waals surface area (Å²) in [7, 11) is 0. The number of para-hydroxylation sites is 2. The van der Waals surface area contributed by atoms with Gasteiger partial charge in [0.05, 0.1) is 17.1 Å². The lowest BCUT2D eigenvalue weighted by Crippen LogP contribution is -2.29. The topological polar surface area (TPSA) is 64.2 Å². The van der Waals surface area contributed by atoms with E-state index in [0.29, 0.717) is 18.2 Å². The molecule has 2 aliphatic rings. The van der Waals surface area contributed by atoms with Gasteiger partial charge in [-0.1, -0.05) is 17.3 Å². The highest BCUT2D eigenvalue weighted by Gasteiger charge is 2.33. The molecule has 128 valence electrons. The van der Waals surface area contributed by atoms with Crippen molar-refractivity contribution < 1.29 is 9.32 Å². The van der Waals surface area contributed by atoms with E-state index in [4.69, 9.17) is 4.52 Å². The smallest absolute Gasteiger partial charge is 0.276 e. The highest BCUT2D eigenvalue weighted by Crippen LogP contribution is 2.40. The number of carbonyl (C=O) groups is 1. The first kappa shape index (κ1) is 14.7. The Kier molecular flexibility index (Phi) is 3.20. The summed E-state index contributed by atoms with van der Waals surface area (Å²) in [5.41, 5.74) is 2.59. The first-order valence-electron chi connectivity index (χ1n) is 8.90. The molecule has 0 radical (unpaired) electrons. The number of likely N-dealkylation sites (tertiary alicyclic amines) is 1. The second-order valence-electron chi connectivity index (χ2n) is 7.10. The molecule has 2 fully saturated rings. The molecule has 0 spiro atoms. The van der Waals surface area contributed by atoms with Crippen LogP contribution in [0.15, 0.2) is 34.9 Å². The van der Waals surface area contributed by atoms with Crippen LogP contribution in [0.3, 0.4) is 0 Å². The van der Waals surface area contributed by atoms with Crippen LogP contribution >= 0.6 is 0 Å². The molecule has 5 rings (SSSR count). The minimum Gasteiger partial charge on any atom is -0.360 e. The maximum atomic E-state index is 12.7. The van der Waals surface area contributed by atoms with Gasteiger partial charge in [-0.15, -0.1) is 0 Å². The van der Waals surface area contributed by atoms with Gasteiger partial charge >= 0.3 is 0 Å². The van der Waals surface area contributed by atoms with E-state index in [1.165, 1.54) is 0 Å². The molecule has 0 unspecified atom stereocenters. The number of aromatic nitrogens is 3. The Labute approximate surface area is 145 Å². The second kappa shape index (κ2) is 5.44. The van der Waals surface area contributed by atoms with Crippen LogP contribution < -0.4 is 0 Å². The SMILES string of the molecule is Cc1nc2ccccc2n1[C@@H]1CCN(C(=O)c2cc(C3CC3)on2)C1. The maximum Gasteiger partial charge on any atom is 0.276 e. The van der Waals surface area contributed by atoms with Gasteiger partial charge in [0.25, 0.3) is 5.91 Å². The van der Waals surface area contributed by atoms with Gasteiger partial charge in [0.2, 0.25) is 0 Å². The molecule has 6 nitrogen and oxygen atoms in total. The third-order valence-electron chi connectivity index (χ3n) is 5.32. The van der Waals surface area contributed by atoms with E-state index in [0.717, 1.165) is 48.4 Å². The number of rotatable bonds is 3. The number of hydrogen-bond donors (Lipinski definition) is 0. The van der Waals surface area contributed by atoms with Crippen molar-refractivity contribution in [2.24, 2.45) is 0 Å². The zero-order valence-corrected chi connectivity index (χ0v) is 14.2. The largest absolute Gasteiger partial charge is 0.360 e. The lowest BCUT2D eigenvalue weighted by molar-refractivity contribution is 0.0777. The quantitative estimate of drug-likeness (QED) is 0.736. The zero-order chi connectivity index (χ0) is 17.0. The van der Waals surface area contributed by atoms with Crippen molar-refractivity contribution >= 4 is 16.9 Å². The monoisotopic (exact) mass is 336 g/mol.